The first-order chi connectivity index (χ1) is 13.0. The standard InChI is InChI=1S/C19H32N2O4S2/c1-3-25-19(24)15-7-6-11-21(13-15)18(23)14-20(2)17(22)9-5-4-8-16-10-12-26-27-16/h15-16H,3-14H2,1-2H3. The molecule has 154 valence electrons. The Bertz CT molecular complexity index is 512. The van der Waals surface area contributed by atoms with E-state index in [9.17, 15) is 14.4 Å². The van der Waals surface area contributed by atoms with E-state index in [2.05, 4.69) is 0 Å². The summed E-state index contributed by atoms with van der Waals surface area (Å²) in [6.45, 7) is 3.28. The topological polar surface area (TPSA) is 66.9 Å². The van der Waals surface area contributed by atoms with Crippen molar-refractivity contribution in [3.63, 3.8) is 0 Å². The first-order valence-corrected chi connectivity index (χ1v) is 12.4. The number of amides is 2. The summed E-state index contributed by atoms with van der Waals surface area (Å²) < 4.78 is 5.08. The smallest absolute Gasteiger partial charge is 0.310 e. The van der Waals surface area contributed by atoms with Crippen molar-refractivity contribution in [1.82, 2.24) is 9.80 Å². The molecule has 0 aliphatic carbocycles. The summed E-state index contributed by atoms with van der Waals surface area (Å²) in [5.74, 6) is 0.718. The van der Waals surface area contributed by atoms with E-state index >= 15 is 0 Å². The highest BCUT2D eigenvalue weighted by atomic mass is 33.1. The summed E-state index contributed by atoms with van der Waals surface area (Å²) in [6, 6.07) is 0. The number of unbranched alkanes of at least 4 members (excludes halogenated alkanes) is 1. The fourth-order valence-electron chi connectivity index (χ4n) is 3.45. The zero-order valence-electron chi connectivity index (χ0n) is 16.5. The average molecular weight is 417 g/mol. The van der Waals surface area contributed by atoms with Crippen molar-refractivity contribution >= 4 is 39.4 Å². The second-order valence-electron chi connectivity index (χ2n) is 7.26. The highest BCUT2D eigenvalue weighted by molar-refractivity contribution is 8.77. The van der Waals surface area contributed by atoms with E-state index in [1.54, 1.807) is 18.9 Å². The van der Waals surface area contributed by atoms with Crippen LogP contribution in [0, 0.1) is 5.92 Å². The Morgan fingerprint density at radius 2 is 2.04 bits per heavy atom. The van der Waals surface area contributed by atoms with E-state index in [4.69, 9.17) is 4.74 Å². The minimum atomic E-state index is -0.240. The Morgan fingerprint density at radius 3 is 2.74 bits per heavy atom. The number of hydrogen-bond donors (Lipinski definition) is 0. The Balaban J connectivity index is 1.67. The lowest BCUT2D eigenvalue weighted by atomic mass is 9.98. The van der Waals surface area contributed by atoms with E-state index in [1.165, 1.54) is 23.5 Å². The summed E-state index contributed by atoms with van der Waals surface area (Å²) in [7, 11) is 5.61. The molecule has 0 N–H and O–H groups in total. The molecule has 2 amide bonds. The number of carbonyl (C=O) groups excluding carboxylic acids is 3. The van der Waals surface area contributed by atoms with E-state index in [0.29, 0.717) is 26.1 Å². The van der Waals surface area contributed by atoms with Gasteiger partial charge in [-0.25, -0.2) is 0 Å². The number of esters is 1. The Kier molecular flexibility index (Phi) is 9.82. The van der Waals surface area contributed by atoms with Gasteiger partial charge in [0.25, 0.3) is 0 Å². The van der Waals surface area contributed by atoms with Gasteiger partial charge in [-0.05, 0) is 39.0 Å². The van der Waals surface area contributed by atoms with Crippen LogP contribution in [-0.2, 0) is 19.1 Å². The zero-order valence-corrected chi connectivity index (χ0v) is 18.1. The van der Waals surface area contributed by atoms with Crippen molar-refractivity contribution in [2.24, 2.45) is 5.92 Å². The van der Waals surface area contributed by atoms with E-state index < -0.39 is 0 Å². The number of ether oxygens (including phenoxy) is 1. The quantitative estimate of drug-likeness (QED) is 0.327. The Hall–Kier alpha value is -0.890. The highest BCUT2D eigenvalue weighted by Gasteiger charge is 2.30. The van der Waals surface area contributed by atoms with Crippen LogP contribution in [0.1, 0.15) is 51.9 Å². The number of rotatable bonds is 9. The molecule has 0 aromatic rings. The van der Waals surface area contributed by atoms with Gasteiger partial charge in [0.05, 0.1) is 19.1 Å². The van der Waals surface area contributed by atoms with E-state index in [-0.39, 0.29) is 30.2 Å². The number of piperidine rings is 1. The third kappa shape index (κ3) is 7.56. The molecule has 0 radical (unpaired) electrons. The van der Waals surface area contributed by atoms with Crippen LogP contribution in [0.5, 0.6) is 0 Å². The third-order valence-corrected chi connectivity index (χ3v) is 8.09. The number of nitrogens with zero attached hydrogens (tertiary/aromatic N) is 2. The lowest BCUT2D eigenvalue weighted by molar-refractivity contribution is -0.152. The van der Waals surface area contributed by atoms with Gasteiger partial charge in [-0.3, -0.25) is 14.4 Å². The predicted octanol–water partition coefficient (Wildman–Crippen LogP) is 2.96. The lowest BCUT2D eigenvalue weighted by Crippen LogP contribution is -2.47. The molecule has 2 aliphatic heterocycles. The van der Waals surface area contributed by atoms with Crippen LogP contribution in [0.25, 0.3) is 0 Å². The van der Waals surface area contributed by atoms with Gasteiger partial charge in [0, 0.05) is 37.6 Å². The predicted molar refractivity (Wildman–Crippen MR) is 110 cm³/mol. The second kappa shape index (κ2) is 11.8. The van der Waals surface area contributed by atoms with Gasteiger partial charge in [0.2, 0.25) is 11.8 Å². The summed E-state index contributed by atoms with van der Waals surface area (Å²) >= 11 is 0. The van der Waals surface area contributed by atoms with Gasteiger partial charge < -0.3 is 14.5 Å². The minimum Gasteiger partial charge on any atom is -0.466 e. The maximum atomic E-state index is 12.5. The van der Waals surface area contributed by atoms with Crippen molar-refractivity contribution < 1.29 is 19.1 Å². The second-order valence-corrected chi connectivity index (χ2v) is 10.0. The molecule has 2 saturated heterocycles. The van der Waals surface area contributed by atoms with Crippen molar-refractivity contribution in [2.45, 2.75) is 57.1 Å². The summed E-state index contributed by atoms with van der Waals surface area (Å²) in [5.41, 5.74) is 0. The molecule has 0 aromatic carbocycles. The largest absolute Gasteiger partial charge is 0.466 e. The van der Waals surface area contributed by atoms with Crippen molar-refractivity contribution in [3.05, 3.63) is 0 Å². The van der Waals surface area contributed by atoms with Gasteiger partial charge in [0.15, 0.2) is 0 Å². The lowest BCUT2D eigenvalue weighted by Gasteiger charge is -2.32. The first kappa shape index (κ1) is 22.4. The van der Waals surface area contributed by atoms with Gasteiger partial charge in [0.1, 0.15) is 0 Å². The molecule has 0 spiro atoms. The molecule has 2 fully saturated rings. The average Bonchev–Trinajstić information content (AvgIpc) is 3.18. The van der Waals surface area contributed by atoms with Crippen LogP contribution < -0.4 is 0 Å². The molecule has 2 rings (SSSR count). The monoisotopic (exact) mass is 416 g/mol. The van der Waals surface area contributed by atoms with Crippen LogP contribution in [0.4, 0.5) is 0 Å². The summed E-state index contributed by atoms with van der Waals surface area (Å²) in [6.07, 6.45) is 6.46. The Morgan fingerprint density at radius 1 is 1.22 bits per heavy atom. The van der Waals surface area contributed by atoms with Crippen LogP contribution in [-0.4, -0.2) is 71.9 Å². The van der Waals surface area contributed by atoms with Crippen LogP contribution in [0.2, 0.25) is 0 Å². The number of hydrogen-bond acceptors (Lipinski definition) is 6. The Labute approximate surface area is 170 Å². The normalized spacial score (nSPS) is 22.5. The molecule has 2 heterocycles. The molecule has 2 unspecified atom stereocenters. The van der Waals surface area contributed by atoms with E-state index in [0.717, 1.165) is 30.9 Å². The van der Waals surface area contributed by atoms with Crippen molar-refractivity contribution in [1.29, 1.82) is 0 Å². The molecule has 0 saturated carbocycles. The SMILES string of the molecule is CCOC(=O)C1CCCN(C(=O)CN(C)C(=O)CCCCC2CCSS2)C1. The molecule has 6 nitrogen and oxygen atoms in total. The molecular formula is C19H32N2O4S2. The number of carbonyl (C=O) groups is 3. The minimum absolute atomic E-state index is 0.0238. The van der Waals surface area contributed by atoms with Gasteiger partial charge >= 0.3 is 5.97 Å². The maximum Gasteiger partial charge on any atom is 0.310 e. The molecule has 2 atom stereocenters. The van der Waals surface area contributed by atoms with E-state index in [1.807, 2.05) is 21.6 Å². The zero-order chi connectivity index (χ0) is 19.6. The van der Waals surface area contributed by atoms with Gasteiger partial charge in [-0.2, -0.15) is 0 Å². The first-order valence-electron chi connectivity index (χ1n) is 9.98. The number of likely N-dealkylation sites (tertiary alicyclic amines) is 1. The molecular weight excluding hydrogens is 384 g/mol. The van der Waals surface area contributed by atoms with Gasteiger partial charge in [-0.15, -0.1) is 0 Å². The molecule has 0 aromatic heterocycles. The van der Waals surface area contributed by atoms with Gasteiger partial charge in [-0.1, -0.05) is 28.0 Å². The molecule has 0 bridgehead atoms. The summed E-state index contributed by atoms with van der Waals surface area (Å²) in [5, 5.41) is 0.746. The molecule has 8 heteroatoms. The highest BCUT2D eigenvalue weighted by Crippen LogP contribution is 2.39. The van der Waals surface area contributed by atoms with Crippen LogP contribution in [0.3, 0.4) is 0 Å². The van der Waals surface area contributed by atoms with Crippen molar-refractivity contribution in [3.8, 4) is 0 Å². The molecule has 2 aliphatic rings. The third-order valence-electron chi connectivity index (χ3n) is 5.09. The number of likely N-dealkylation sites (N-methyl/N-ethyl adjacent to an activating group) is 1. The maximum absolute atomic E-state index is 12.5. The fourth-order valence-corrected chi connectivity index (χ4v) is 6.48. The summed E-state index contributed by atoms with van der Waals surface area (Å²) in [4.78, 5) is 39.9. The van der Waals surface area contributed by atoms with Crippen molar-refractivity contribution in [2.75, 3.05) is 39.0 Å². The molecule has 27 heavy (non-hydrogen) atoms. The fraction of sp³-hybridized carbons (Fsp3) is 0.842. The van der Waals surface area contributed by atoms with Crippen LogP contribution >= 0.6 is 21.6 Å². The van der Waals surface area contributed by atoms with Crippen LogP contribution in [0.15, 0.2) is 0 Å².